The van der Waals surface area contributed by atoms with Crippen LogP contribution in [0.15, 0.2) is 48.6 Å². The first kappa shape index (κ1) is 20.7. The van der Waals surface area contributed by atoms with Crippen molar-refractivity contribution in [3.63, 3.8) is 0 Å². The molecule has 2 aliphatic rings. The molecule has 1 unspecified atom stereocenters. The number of esters is 1. The topological polar surface area (TPSA) is 151 Å². The number of fused-ring (bicyclic) bond motifs is 1. The normalized spacial score (nSPS) is 15.8. The number of carbonyl (C=O) groups is 2. The van der Waals surface area contributed by atoms with Gasteiger partial charge in [0, 0.05) is 6.21 Å². The maximum atomic E-state index is 12.2. The van der Waals surface area contributed by atoms with Crippen LogP contribution in [0.4, 0.5) is 5.69 Å². The first-order valence-corrected chi connectivity index (χ1v) is 9.15. The molecule has 0 radical (unpaired) electrons. The molecule has 1 amide bonds. The monoisotopic (exact) mass is 407 g/mol. The maximum Gasteiger partial charge on any atom is 0.328 e. The van der Waals surface area contributed by atoms with Crippen molar-refractivity contribution in [2.24, 2.45) is 36.3 Å². The van der Waals surface area contributed by atoms with Gasteiger partial charge in [-0.15, -0.1) is 10.2 Å². The van der Waals surface area contributed by atoms with Gasteiger partial charge in [-0.2, -0.15) is 10.3 Å². The Morgan fingerprint density at radius 1 is 1.30 bits per heavy atom. The Bertz CT molecular complexity index is 1060. The Balaban J connectivity index is 1.95. The van der Waals surface area contributed by atoms with Crippen molar-refractivity contribution in [2.45, 2.75) is 20.3 Å². The fraction of sp³-hybridized carbons (Fsp3) is 0.316. The van der Waals surface area contributed by atoms with E-state index in [2.05, 4.69) is 30.4 Å². The number of carbonyl (C=O) groups excluding carboxylic acids is 2. The standard InChI is InChI=1S/C19H17N7O4/c1-3-7-30-14-6-5-12(21-10-11(9-20)19(28)29-4-2)8-13(14)16-22-17-15(18(27)23-16)24-26-25-17/h5-6,8,10-11H,3-4,7H2,1-2H3. The Kier molecular flexibility index (Phi) is 6.49. The molecule has 0 aliphatic carbocycles. The van der Waals surface area contributed by atoms with Crippen molar-refractivity contribution in [1.82, 2.24) is 0 Å². The number of amidine groups is 2. The highest BCUT2D eigenvalue weighted by Crippen LogP contribution is 2.27. The van der Waals surface area contributed by atoms with Crippen LogP contribution in [0.3, 0.4) is 0 Å². The fourth-order valence-electron chi connectivity index (χ4n) is 2.46. The van der Waals surface area contributed by atoms with E-state index < -0.39 is 17.8 Å². The summed E-state index contributed by atoms with van der Waals surface area (Å²) in [4.78, 5) is 36.3. The highest BCUT2D eigenvalue weighted by molar-refractivity contribution is 6.69. The van der Waals surface area contributed by atoms with Gasteiger partial charge < -0.3 is 9.47 Å². The molecule has 0 saturated heterocycles. The van der Waals surface area contributed by atoms with E-state index in [1.165, 1.54) is 6.21 Å². The number of nitriles is 1. The highest BCUT2D eigenvalue weighted by Gasteiger charge is 2.29. The summed E-state index contributed by atoms with van der Waals surface area (Å²) in [6, 6.07) is 6.71. The van der Waals surface area contributed by atoms with Crippen molar-refractivity contribution in [1.29, 1.82) is 5.26 Å². The Morgan fingerprint density at radius 3 is 2.87 bits per heavy atom. The molecule has 30 heavy (non-hydrogen) atoms. The van der Waals surface area contributed by atoms with Gasteiger partial charge >= 0.3 is 11.9 Å². The van der Waals surface area contributed by atoms with E-state index in [0.717, 1.165) is 6.42 Å². The maximum absolute atomic E-state index is 12.2. The number of benzene rings is 1. The van der Waals surface area contributed by atoms with E-state index in [1.807, 2.05) is 13.0 Å². The van der Waals surface area contributed by atoms with Crippen LogP contribution in [0.1, 0.15) is 25.8 Å². The third-order valence-corrected chi connectivity index (χ3v) is 3.84. The van der Waals surface area contributed by atoms with E-state index in [-0.39, 0.29) is 24.0 Å². The minimum Gasteiger partial charge on any atom is -0.493 e. The summed E-state index contributed by atoms with van der Waals surface area (Å²) in [6.45, 7) is 4.21. The molecule has 0 saturated carbocycles. The number of rotatable bonds is 8. The molecule has 3 rings (SSSR count). The Labute approximate surface area is 171 Å². The summed E-state index contributed by atoms with van der Waals surface area (Å²) in [6.07, 6.45) is 1.97. The number of nitrogens with zero attached hydrogens (tertiary/aromatic N) is 7. The molecule has 0 spiro atoms. The van der Waals surface area contributed by atoms with Crippen molar-refractivity contribution >= 4 is 41.2 Å². The van der Waals surface area contributed by atoms with Crippen molar-refractivity contribution in [3.05, 3.63) is 23.8 Å². The lowest BCUT2D eigenvalue weighted by Gasteiger charge is -2.13. The lowest BCUT2D eigenvalue weighted by Crippen LogP contribution is -2.26. The minimum absolute atomic E-state index is 0.0183. The molecule has 1 aromatic rings. The van der Waals surface area contributed by atoms with Crippen molar-refractivity contribution in [2.75, 3.05) is 13.2 Å². The average molecular weight is 407 g/mol. The molecule has 11 heteroatoms. The van der Waals surface area contributed by atoms with Crippen LogP contribution in [0, 0.1) is 17.2 Å². The Morgan fingerprint density at radius 2 is 2.13 bits per heavy atom. The lowest BCUT2D eigenvalue weighted by atomic mass is 10.1. The van der Waals surface area contributed by atoms with E-state index in [0.29, 0.717) is 23.6 Å². The molecular formula is C19H17N7O4. The number of hydrogen-bond acceptors (Lipinski definition) is 10. The summed E-state index contributed by atoms with van der Waals surface area (Å²) in [5, 5.41) is 19.9. The Hall–Kier alpha value is -4.07. The average Bonchev–Trinajstić information content (AvgIpc) is 3.22. The highest BCUT2D eigenvalue weighted by atomic mass is 16.5. The molecule has 1 atom stereocenters. The largest absolute Gasteiger partial charge is 0.493 e. The number of amides is 1. The molecule has 2 heterocycles. The zero-order valence-corrected chi connectivity index (χ0v) is 16.3. The van der Waals surface area contributed by atoms with E-state index in [9.17, 15) is 9.59 Å². The second-order valence-electron chi connectivity index (χ2n) is 5.98. The smallest absolute Gasteiger partial charge is 0.328 e. The number of aliphatic imine (C=N–C) groups is 3. The zero-order chi connectivity index (χ0) is 21.5. The van der Waals surface area contributed by atoms with Crippen LogP contribution in [0.5, 0.6) is 5.75 Å². The molecule has 0 bridgehead atoms. The predicted octanol–water partition coefficient (Wildman–Crippen LogP) is 2.39. The van der Waals surface area contributed by atoms with Crippen LogP contribution in [0.25, 0.3) is 0 Å². The summed E-state index contributed by atoms with van der Waals surface area (Å²) < 4.78 is 10.6. The number of ether oxygens (including phenoxy) is 2. The summed E-state index contributed by atoms with van der Waals surface area (Å²) in [7, 11) is 0. The van der Waals surface area contributed by atoms with Crippen LogP contribution in [0.2, 0.25) is 0 Å². The second-order valence-corrected chi connectivity index (χ2v) is 5.98. The molecule has 0 aromatic heterocycles. The van der Waals surface area contributed by atoms with Crippen LogP contribution < -0.4 is 4.74 Å². The molecule has 152 valence electrons. The molecule has 0 fully saturated rings. The summed E-state index contributed by atoms with van der Waals surface area (Å²) >= 11 is 0. The van der Waals surface area contributed by atoms with Gasteiger partial charge in [0.15, 0.2) is 11.8 Å². The molecule has 2 aliphatic heterocycles. The quantitative estimate of drug-likeness (QED) is 0.479. The molecule has 0 N–H and O–H groups in total. The minimum atomic E-state index is -1.14. The van der Waals surface area contributed by atoms with Gasteiger partial charge in [-0.3, -0.25) is 14.6 Å². The van der Waals surface area contributed by atoms with Crippen LogP contribution in [-0.4, -0.2) is 48.7 Å². The first-order valence-electron chi connectivity index (χ1n) is 9.15. The lowest BCUT2D eigenvalue weighted by molar-refractivity contribution is -0.143. The summed E-state index contributed by atoms with van der Waals surface area (Å²) in [5.41, 5.74) is 0.793. The van der Waals surface area contributed by atoms with Gasteiger partial charge in [-0.05, 0) is 36.8 Å². The molecular weight excluding hydrogens is 390 g/mol. The third-order valence-electron chi connectivity index (χ3n) is 3.84. The zero-order valence-electron chi connectivity index (χ0n) is 16.3. The van der Waals surface area contributed by atoms with Gasteiger partial charge in [-0.1, -0.05) is 6.92 Å². The van der Waals surface area contributed by atoms with Gasteiger partial charge in [-0.25, -0.2) is 4.99 Å². The van der Waals surface area contributed by atoms with Gasteiger partial charge in [0.25, 0.3) is 0 Å². The number of hydrogen-bond donors (Lipinski definition) is 0. The van der Waals surface area contributed by atoms with Crippen molar-refractivity contribution in [3.8, 4) is 11.8 Å². The van der Waals surface area contributed by atoms with E-state index >= 15 is 0 Å². The molecule has 1 aromatic carbocycles. The van der Waals surface area contributed by atoms with Crippen molar-refractivity contribution < 1.29 is 19.1 Å². The predicted molar refractivity (Wildman–Crippen MR) is 107 cm³/mol. The van der Waals surface area contributed by atoms with Gasteiger partial charge in [0.2, 0.25) is 11.5 Å². The third kappa shape index (κ3) is 4.49. The van der Waals surface area contributed by atoms with Crippen LogP contribution in [-0.2, 0) is 14.3 Å². The molecule has 11 nitrogen and oxygen atoms in total. The first-order chi connectivity index (χ1) is 14.6. The fourth-order valence-corrected chi connectivity index (χ4v) is 2.46. The van der Waals surface area contributed by atoms with Gasteiger partial charge in [0.05, 0.1) is 30.5 Å². The van der Waals surface area contributed by atoms with Crippen LogP contribution >= 0.6 is 0 Å². The van der Waals surface area contributed by atoms with E-state index in [4.69, 9.17) is 14.7 Å². The van der Waals surface area contributed by atoms with E-state index in [1.54, 1.807) is 25.1 Å². The second kappa shape index (κ2) is 9.42. The van der Waals surface area contributed by atoms with Gasteiger partial charge in [0.1, 0.15) is 5.75 Å². The summed E-state index contributed by atoms with van der Waals surface area (Å²) in [5.74, 6) is -1.83. The SMILES string of the molecule is CCCOc1ccc(N=CC(C#N)C(=O)OCC)cc1C1=NC(=O)C2=NN=NC2=N1.